The van der Waals surface area contributed by atoms with Gasteiger partial charge in [-0.2, -0.15) is 13.2 Å². The Hall–Kier alpha value is -3.81. The van der Waals surface area contributed by atoms with E-state index < -0.39 is 11.7 Å². The number of thiocarbonyl (C=S) groups is 1. The molecule has 1 heterocycles. The molecule has 0 saturated carbocycles. The largest absolute Gasteiger partial charge is 0.416 e. The smallest absolute Gasteiger partial charge is 0.322 e. The van der Waals surface area contributed by atoms with Gasteiger partial charge in [-0.1, -0.05) is 78.9 Å². The Morgan fingerprint density at radius 1 is 0.921 bits per heavy atom. The number of fused-ring (bicyclic) bond motifs is 1. The van der Waals surface area contributed by atoms with Crippen molar-refractivity contribution in [3.8, 4) is 11.1 Å². The van der Waals surface area contributed by atoms with Crippen LogP contribution in [0.15, 0.2) is 97.1 Å². The SMILES string of the molecule is O=C(Nc1ccc2c(c1)CCNC2C(=S)Cc1ccccc1)c1ccccc1-c1ccc(C(F)(F)F)cc1. The van der Waals surface area contributed by atoms with E-state index in [9.17, 15) is 18.0 Å². The molecule has 4 aromatic carbocycles. The highest BCUT2D eigenvalue weighted by Crippen LogP contribution is 2.33. The van der Waals surface area contributed by atoms with Crippen LogP contribution >= 0.6 is 12.2 Å². The van der Waals surface area contributed by atoms with Crippen molar-refractivity contribution in [1.29, 1.82) is 0 Å². The number of benzene rings is 4. The van der Waals surface area contributed by atoms with Gasteiger partial charge < -0.3 is 10.6 Å². The Labute approximate surface area is 224 Å². The molecular weight excluding hydrogens is 505 g/mol. The van der Waals surface area contributed by atoms with E-state index in [1.807, 2.05) is 36.4 Å². The third kappa shape index (κ3) is 5.69. The van der Waals surface area contributed by atoms with E-state index in [0.717, 1.165) is 41.1 Å². The molecule has 7 heteroatoms. The molecule has 0 fully saturated rings. The van der Waals surface area contributed by atoms with Crippen LogP contribution in [-0.2, 0) is 19.0 Å². The summed E-state index contributed by atoms with van der Waals surface area (Å²) < 4.78 is 38.9. The highest BCUT2D eigenvalue weighted by atomic mass is 32.1. The molecule has 0 aromatic heterocycles. The van der Waals surface area contributed by atoms with Crippen LogP contribution in [0.3, 0.4) is 0 Å². The van der Waals surface area contributed by atoms with Gasteiger partial charge in [0.2, 0.25) is 0 Å². The molecule has 1 amide bonds. The van der Waals surface area contributed by atoms with Gasteiger partial charge in [-0.3, -0.25) is 4.79 Å². The van der Waals surface area contributed by atoms with Gasteiger partial charge in [0.15, 0.2) is 0 Å². The van der Waals surface area contributed by atoms with Crippen LogP contribution in [0.2, 0.25) is 0 Å². The van der Waals surface area contributed by atoms with Gasteiger partial charge in [-0.25, -0.2) is 0 Å². The van der Waals surface area contributed by atoms with Crippen molar-refractivity contribution >= 4 is 28.7 Å². The molecule has 3 nitrogen and oxygen atoms in total. The van der Waals surface area contributed by atoms with E-state index in [1.165, 1.54) is 17.7 Å². The van der Waals surface area contributed by atoms with Gasteiger partial charge in [0, 0.05) is 29.1 Å². The summed E-state index contributed by atoms with van der Waals surface area (Å²) in [6, 6.07) is 27.7. The third-order valence-electron chi connectivity index (χ3n) is 6.69. The summed E-state index contributed by atoms with van der Waals surface area (Å²) in [7, 11) is 0. The van der Waals surface area contributed by atoms with Crippen molar-refractivity contribution in [2.75, 3.05) is 11.9 Å². The van der Waals surface area contributed by atoms with Crippen molar-refractivity contribution in [2.24, 2.45) is 0 Å². The predicted octanol–water partition coefficient (Wildman–Crippen LogP) is 7.42. The second-order valence-corrected chi connectivity index (χ2v) is 9.78. The first kappa shape index (κ1) is 25.8. The van der Waals surface area contributed by atoms with Gasteiger partial charge in [0.1, 0.15) is 0 Å². The maximum absolute atomic E-state index is 13.3. The standard InChI is InChI=1S/C31H25F3N2OS/c32-31(33,34)23-12-10-21(11-13-23)25-8-4-5-9-27(25)30(37)36-24-14-15-26-22(19-24)16-17-35-29(26)28(38)18-20-6-2-1-3-7-20/h1-15,19,29,35H,16-18H2,(H,36,37). The normalized spacial score (nSPS) is 15.0. The first-order chi connectivity index (χ1) is 18.3. The van der Waals surface area contributed by atoms with Gasteiger partial charge >= 0.3 is 6.18 Å². The number of rotatable bonds is 6. The van der Waals surface area contributed by atoms with Crippen LogP contribution in [0.5, 0.6) is 0 Å². The fourth-order valence-electron chi connectivity index (χ4n) is 4.80. The third-order valence-corrected chi connectivity index (χ3v) is 7.07. The van der Waals surface area contributed by atoms with Crippen LogP contribution < -0.4 is 10.6 Å². The molecule has 0 aliphatic carbocycles. The maximum Gasteiger partial charge on any atom is 0.416 e. The molecule has 1 atom stereocenters. The molecular formula is C31H25F3N2OS. The second-order valence-electron chi connectivity index (χ2n) is 9.25. The summed E-state index contributed by atoms with van der Waals surface area (Å²) in [6.07, 6.45) is -2.90. The Morgan fingerprint density at radius 2 is 1.63 bits per heavy atom. The Morgan fingerprint density at radius 3 is 2.37 bits per heavy atom. The second kappa shape index (κ2) is 10.9. The lowest BCUT2D eigenvalue weighted by molar-refractivity contribution is -0.137. The van der Waals surface area contributed by atoms with Crippen LogP contribution in [0.4, 0.5) is 18.9 Å². The Bertz CT molecular complexity index is 1470. The molecule has 0 bridgehead atoms. The number of halogens is 3. The highest BCUT2D eigenvalue weighted by Gasteiger charge is 2.30. The number of hydrogen-bond donors (Lipinski definition) is 2. The minimum atomic E-state index is -4.41. The monoisotopic (exact) mass is 530 g/mol. The molecule has 38 heavy (non-hydrogen) atoms. The molecule has 0 radical (unpaired) electrons. The van der Waals surface area contributed by atoms with Crippen LogP contribution in [0.25, 0.3) is 11.1 Å². The fourth-order valence-corrected chi connectivity index (χ4v) is 5.18. The van der Waals surface area contributed by atoms with Crippen LogP contribution in [-0.4, -0.2) is 17.3 Å². The highest BCUT2D eigenvalue weighted by molar-refractivity contribution is 7.80. The molecule has 2 N–H and O–H groups in total. The number of nitrogens with one attached hydrogen (secondary N) is 2. The van der Waals surface area contributed by atoms with Crippen molar-refractivity contribution in [2.45, 2.75) is 25.1 Å². The molecule has 4 aromatic rings. The lowest BCUT2D eigenvalue weighted by atomic mass is 9.90. The van der Waals surface area contributed by atoms with E-state index >= 15 is 0 Å². The lowest BCUT2D eigenvalue weighted by Gasteiger charge is -2.28. The molecule has 0 saturated heterocycles. The summed E-state index contributed by atoms with van der Waals surface area (Å²) in [5.41, 5.74) is 4.81. The Balaban J connectivity index is 1.34. The van der Waals surface area contributed by atoms with E-state index in [2.05, 4.69) is 22.8 Å². The zero-order valence-corrected chi connectivity index (χ0v) is 21.2. The van der Waals surface area contributed by atoms with E-state index in [4.69, 9.17) is 12.2 Å². The van der Waals surface area contributed by atoms with Gasteiger partial charge in [-0.15, -0.1) is 0 Å². The first-order valence-corrected chi connectivity index (χ1v) is 12.7. The van der Waals surface area contributed by atoms with Crippen molar-refractivity contribution < 1.29 is 18.0 Å². The zero-order valence-electron chi connectivity index (χ0n) is 20.4. The maximum atomic E-state index is 13.3. The summed E-state index contributed by atoms with van der Waals surface area (Å²) in [6.45, 7) is 0.779. The Kier molecular flexibility index (Phi) is 7.40. The average Bonchev–Trinajstić information content (AvgIpc) is 2.92. The first-order valence-electron chi connectivity index (χ1n) is 12.3. The van der Waals surface area contributed by atoms with Gasteiger partial charge in [-0.05, 0) is 64.6 Å². The average molecular weight is 531 g/mol. The van der Waals surface area contributed by atoms with Gasteiger partial charge in [0.25, 0.3) is 5.91 Å². The summed E-state index contributed by atoms with van der Waals surface area (Å²) in [5, 5.41) is 6.49. The topological polar surface area (TPSA) is 41.1 Å². The van der Waals surface area contributed by atoms with Crippen molar-refractivity contribution in [3.05, 3.63) is 125 Å². The number of carbonyl (C=O) groups is 1. The minimum absolute atomic E-state index is 0.0425. The fraction of sp³-hybridized carbons (Fsp3) is 0.161. The molecule has 1 unspecified atom stereocenters. The van der Waals surface area contributed by atoms with Crippen molar-refractivity contribution in [3.63, 3.8) is 0 Å². The number of anilines is 1. The quantitative estimate of drug-likeness (QED) is 0.255. The summed E-state index contributed by atoms with van der Waals surface area (Å²) in [5.74, 6) is -0.328. The number of alkyl halides is 3. The molecule has 0 spiro atoms. The van der Waals surface area contributed by atoms with E-state index in [1.54, 1.807) is 24.3 Å². The molecule has 192 valence electrons. The van der Waals surface area contributed by atoms with E-state index in [-0.39, 0.29) is 11.9 Å². The summed E-state index contributed by atoms with van der Waals surface area (Å²) in [4.78, 5) is 14.2. The van der Waals surface area contributed by atoms with Crippen LogP contribution in [0.1, 0.15) is 38.7 Å². The van der Waals surface area contributed by atoms with Gasteiger partial charge in [0.05, 0.1) is 11.6 Å². The summed E-state index contributed by atoms with van der Waals surface area (Å²) >= 11 is 5.79. The lowest BCUT2D eigenvalue weighted by Crippen LogP contribution is -2.35. The van der Waals surface area contributed by atoms with E-state index in [0.29, 0.717) is 28.8 Å². The number of hydrogen-bond acceptors (Lipinski definition) is 3. The molecule has 1 aliphatic heterocycles. The predicted molar refractivity (Wildman–Crippen MR) is 148 cm³/mol. The zero-order chi connectivity index (χ0) is 26.7. The molecule has 1 aliphatic rings. The number of carbonyl (C=O) groups excluding carboxylic acids is 1. The van der Waals surface area contributed by atoms with Crippen molar-refractivity contribution in [1.82, 2.24) is 5.32 Å². The van der Waals surface area contributed by atoms with Crippen LogP contribution in [0, 0.1) is 0 Å². The molecule has 5 rings (SSSR count). The minimum Gasteiger partial charge on any atom is -0.322 e. The number of amides is 1.